The molecule has 4 amide bonds. The topological polar surface area (TPSA) is 116 Å². The van der Waals surface area contributed by atoms with Crippen LogP contribution in [0.2, 0.25) is 15.1 Å². The molecule has 2 heterocycles. The molecule has 0 aromatic heterocycles. The third-order valence-electron chi connectivity index (χ3n) is 11.2. The van der Waals surface area contributed by atoms with E-state index in [1.165, 1.54) is 11.0 Å². The number of amides is 4. The molecule has 0 radical (unpaired) electrons. The summed E-state index contributed by atoms with van der Waals surface area (Å²) in [5.74, 6) is -4.74. The summed E-state index contributed by atoms with van der Waals surface area (Å²) < 4.78 is 5.46. The standard InChI is InChI=1S/C40H32Cl3N3O6/c1-20-17-21(3-16-33(20)47)35-27-13-14-28-34(38(50)45(36(28)48)25-9-6-23(41)7-10-25)29(27)19-30-37(49)46(44-32-15-8-24(42)18-31(32)43)39(51)40(30,35)22-4-11-26(52-2)12-5-22/h3-13,15-18,28-30,34-35,44,47H,14,19H2,1-2H3/t28-,29+,30-,34-,35-,40+/m0/s1. The van der Waals surface area contributed by atoms with Gasteiger partial charge in [-0.1, -0.05) is 70.7 Å². The third-order valence-corrected chi connectivity index (χ3v) is 12.0. The molecule has 0 bridgehead atoms. The van der Waals surface area contributed by atoms with Crippen LogP contribution in [0.15, 0.2) is 96.6 Å². The van der Waals surface area contributed by atoms with Gasteiger partial charge in [-0.25, -0.2) is 0 Å². The van der Waals surface area contributed by atoms with Crippen molar-refractivity contribution in [2.24, 2.45) is 23.7 Å². The monoisotopic (exact) mass is 755 g/mol. The van der Waals surface area contributed by atoms with Gasteiger partial charge in [0.05, 0.1) is 46.7 Å². The molecule has 4 aromatic rings. The number of phenols is 1. The molecule has 9 nitrogen and oxygen atoms in total. The van der Waals surface area contributed by atoms with E-state index in [0.717, 1.165) is 10.6 Å². The summed E-state index contributed by atoms with van der Waals surface area (Å²) in [6.45, 7) is 1.77. The first-order valence-corrected chi connectivity index (χ1v) is 18.0. The number of imide groups is 2. The van der Waals surface area contributed by atoms with Crippen LogP contribution in [0.3, 0.4) is 0 Å². The minimum atomic E-state index is -1.50. The predicted molar refractivity (Wildman–Crippen MR) is 197 cm³/mol. The van der Waals surface area contributed by atoms with Gasteiger partial charge in [-0.3, -0.25) is 29.5 Å². The van der Waals surface area contributed by atoms with Crippen molar-refractivity contribution in [2.75, 3.05) is 17.4 Å². The molecule has 4 aromatic carbocycles. The van der Waals surface area contributed by atoms with E-state index in [0.29, 0.717) is 43.9 Å². The van der Waals surface area contributed by atoms with E-state index in [1.807, 2.05) is 12.1 Å². The maximum atomic E-state index is 15.4. The number of hydrazine groups is 1. The Morgan fingerprint density at radius 2 is 1.54 bits per heavy atom. The van der Waals surface area contributed by atoms with Crippen LogP contribution in [0.25, 0.3) is 0 Å². The zero-order valence-electron chi connectivity index (χ0n) is 28.0. The number of halogens is 3. The van der Waals surface area contributed by atoms with Crippen LogP contribution >= 0.6 is 34.8 Å². The molecular weight excluding hydrogens is 725 g/mol. The molecule has 264 valence electrons. The lowest BCUT2D eigenvalue weighted by atomic mass is 9.49. The average Bonchev–Trinajstić information content (AvgIpc) is 3.51. The van der Waals surface area contributed by atoms with Crippen LogP contribution in [0.5, 0.6) is 11.5 Å². The first-order chi connectivity index (χ1) is 24.9. The molecular formula is C40H32Cl3N3O6. The number of anilines is 2. The maximum Gasteiger partial charge on any atom is 0.260 e. The van der Waals surface area contributed by atoms with Gasteiger partial charge in [0.25, 0.3) is 11.8 Å². The van der Waals surface area contributed by atoms with Gasteiger partial charge in [0.15, 0.2) is 0 Å². The van der Waals surface area contributed by atoms with Gasteiger partial charge in [0, 0.05) is 16.0 Å². The Morgan fingerprint density at radius 3 is 2.21 bits per heavy atom. The molecule has 52 heavy (non-hydrogen) atoms. The Kier molecular flexibility index (Phi) is 8.36. The normalized spacial score (nSPS) is 26.6. The predicted octanol–water partition coefficient (Wildman–Crippen LogP) is 7.86. The van der Waals surface area contributed by atoms with E-state index < -0.39 is 46.8 Å². The highest BCUT2D eigenvalue weighted by atomic mass is 35.5. The highest BCUT2D eigenvalue weighted by molar-refractivity contribution is 6.36. The number of fused-ring (bicyclic) bond motifs is 4. The van der Waals surface area contributed by atoms with Gasteiger partial charge < -0.3 is 9.84 Å². The van der Waals surface area contributed by atoms with Gasteiger partial charge in [0.1, 0.15) is 11.5 Å². The SMILES string of the molecule is COc1ccc([C@@]23C(=O)N(Nc4ccc(Cl)cc4Cl)C(=O)[C@@H]2C[C@@H]2C(=CC[C@@H]4C(=O)N(c5ccc(Cl)cc5)C(=O)[C@@H]42)[C@@H]3c2ccc(O)c(C)c2)cc1. The van der Waals surface area contributed by atoms with E-state index >= 15 is 4.79 Å². The molecule has 6 atom stereocenters. The van der Waals surface area contributed by atoms with Crippen molar-refractivity contribution in [1.82, 2.24) is 5.01 Å². The van der Waals surface area contributed by atoms with Crippen LogP contribution in [-0.2, 0) is 24.6 Å². The minimum Gasteiger partial charge on any atom is -0.508 e. The molecule has 2 aliphatic heterocycles. The van der Waals surface area contributed by atoms with Crippen molar-refractivity contribution >= 4 is 69.8 Å². The second-order valence-electron chi connectivity index (χ2n) is 13.7. The zero-order valence-corrected chi connectivity index (χ0v) is 30.2. The number of benzene rings is 4. The highest BCUT2D eigenvalue weighted by Gasteiger charge is 2.70. The number of hydrogen-bond acceptors (Lipinski definition) is 7. The van der Waals surface area contributed by atoms with Crippen molar-refractivity contribution < 1.29 is 29.0 Å². The number of carbonyl (C=O) groups is 4. The number of phenolic OH excluding ortho intramolecular Hbond substituents is 1. The number of methoxy groups -OCH3 is 1. The maximum absolute atomic E-state index is 15.4. The fourth-order valence-corrected chi connectivity index (χ4v) is 9.50. The Morgan fingerprint density at radius 1 is 0.827 bits per heavy atom. The molecule has 0 spiro atoms. The molecule has 8 rings (SSSR count). The number of aryl methyl sites for hydroxylation is 1. The molecule has 2 aliphatic carbocycles. The van der Waals surface area contributed by atoms with Crippen molar-refractivity contribution in [1.29, 1.82) is 0 Å². The number of nitrogens with zero attached hydrogens (tertiary/aromatic N) is 2. The molecule has 12 heteroatoms. The Bertz CT molecular complexity index is 2210. The first kappa shape index (κ1) is 34.3. The fraction of sp³-hybridized carbons (Fsp3) is 0.250. The number of hydrogen-bond donors (Lipinski definition) is 2. The molecule has 2 N–H and O–H groups in total. The quantitative estimate of drug-likeness (QED) is 0.152. The fourth-order valence-electron chi connectivity index (χ4n) is 8.92. The Labute approximate surface area is 314 Å². The summed E-state index contributed by atoms with van der Waals surface area (Å²) in [6, 6.07) is 23.5. The lowest BCUT2D eigenvalue weighted by Crippen LogP contribution is -2.53. The van der Waals surface area contributed by atoms with E-state index in [-0.39, 0.29) is 35.4 Å². The van der Waals surface area contributed by atoms with Gasteiger partial charge in [0.2, 0.25) is 11.8 Å². The summed E-state index contributed by atoms with van der Waals surface area (Å²) in [5, 5.41) is 12.7. The van der Waals surface area contributed by atoms with Gasteiger partial charge in [-0.05, 0) is 103 Å². The lowest BCUT2D eigenvalue weighted by molar-refractivity contribution is -0.138. The summed E-state index contributed by atoms with van der Waals surface area (Å²) >= 11 is 18.8. The molecule has 1 saturated carbocycles. The molecule has 0 unspecified atom stereocenters. The van der Waals surface area contributed by atoms with Crippen molar-refractivity contribution in [3.63, 3.8) is 0 Å². The van der Waals surface area contributed by atoms with Crippen molar-refractivity contribution in [3.8, 4) is 11.5 Å². The number of rotatable bonds is 6. The van der Waals surface area contributed by atoms with E-state index in [1.54, 1.807) is 86.8 Å². The third kappa shape index (κ3) is 5.04. The number of nitrogens with one attached hydrogen (secondary N) is 1. The molecule has 3 fully saturated rings. The Hall–Kier alpha value is -4.83. The number of ether oxygens (including phenoxy) is 1. The van der Waals surface area contributed by atoms with Crippen LogP contribution in [-0.4, -0.2) is 40.9 Å². The average molecular weight is 757 g/mol. The summed E-state index contributed by atoms with van der Waals surface area (Å²) in [5.41, 5.74) is 4.86. The minimum absolute atomic E-state index is 0.0773. The largest absolute Gasteiger partial charge is 0.508 e. The van der Waals surface area contributed by atoms with Gasteiger partial charge in [-0.2, -0.15) is 5.01 Å². The summed E-state index contributed by atoms with van der Waals surface area (Å²) in [7, 11) is 1.55. The van der Waals surface area contributed by atoms with E-state index in [9.17, 15) is 19.5 Å². The van der Waals surface area contributed by atoms with Gasteiger partial charge >= 0.3 is 0 Å². The summed E-state index contributed by atoms with van der Waals surface area (Å²) in [4.78, 5) is 59.9. The van der Waals surface area contributed by atoms with E-state index in [2.05, 4.69) is 5.43 Å². The number of aromatic hydroxyl groups is 1. The second-order valence-corrected chi connectivity index (χ2v) is 15.0. The summed E-state index contributed by atoms with van der Waals surface area (Å²) in [6.07, 6.45) is 2.38. The first-order valence-electron chi connectivity index (χ1n) is 16.8. The van der Waals surface area contributed by atoms with Crippen LogP contribution < -0.4 is 15.1 Å². The van der Waals surface area contributed by atoms with E-state index in [4.69, 9.17) is 39.5 Å². The second kappa shape index (κ2) is 12.7. The number of allylic oxidation sites excluding steroid dienone is 2. The Balaban J connectivity index is 1.33. The molecule has 4 aliphatic rings. The van der Waals surface area contributed by atoms with Crippen LogP contribution in [0, 0.1) is 30.6 Å². The zero-order chi connectivity index (χ0) is 36.6. The lowest BCUT2D eigenvalue weighted by Gasteiger charge is -2.50. The van der Waals surface area contributed by atoms with Crippen LogP contribution in [0.1, 0.15) is 35.4 Å². The molecule has 2 saturated heterocycles. The van der Waals surface area contributed by atoms with Crippen molar-refractivity contribution in [3.05, 3.63) is 128 Å². The van der Waals surface area contributed by atoms with Gasteiger partial charge in [-0.15, -0.1) is 0 Å². The van der Waals surface area contributed by atoms with Crippen molar-refractivity contribution in [2.45, 2.75) is 31.1 Å². The smallest absolute Gasteiger partial charge is 0.260 e. The number of carbonyl (C=O) groups excluding carboxylic acids is 4. The van der Waals surface area contributed by atoms with Crippen LogP contribution in [0.4, 0.5) is 11.4 Å². The highest BCUT2D eigenvalue weighted by Crippen LogP contribution is 2.64.